The Hall–Kier alpha value is -1.53. The summed E-state index contributed by atoms with van der Waals surface area (Å²) in [6, 6.07) is 1.30. The average Bonchev–Trinajstić information content (AvgIpc) is 2.45. The Morgan fingerprint density at radius 3 is 2.70 bits per heavy atom. The second-order valence-electron chi connectivity index (χ2n) is 4.93. The molecule has 0 aromatic carbocycles. The van der Waals surface area contributed by atoms with Crippen LogP contribution in [0, 0.1) is 0 Å². The van der Waals surface area contributed by atoms with Crippen LogP contribution in [0.3, 0.4) is 0 Å². The van der Waals surface area contributed by atoms with Crippen molar-refractivity contribution in [3.05, 3.63) is 11.8 Å². The lowest BCUT2D eigenvalue weighted by molar-refractivity contribution is -0.141. The minimum absolute atomic E-state index is 0.00949. The molecule has 0 amide bonds. The van der Waals surface area contributed by atoms with E-state index in [0.717, 1.165) is 38.3 Å². The van der Waals surface area contributed by atoms with E-state index < -0.39 is 11.9 Å². The van der Waals surface area contributed by atoms with Gasteiger partial charge in [0.25, 0.3) is 0 Å². The van der Waals surface area contributed by atoms with Crippen molar-refractivity contribution in [1.29, 1.82) is 0 Å². The highest BCUT2D eigenvalue weighted by Gasteiger charge is 2.35. The minimum atomic E-state index is -4.46. The van der Waals surface area contributed by atoms with Crippen LogP contribution in [0.1, 0.15) is 38.3 Å². The molecule has 20 heavy (non-hydrogen) atoms. The van der Waals surface area contributed by atoms with Crippen LogP contribution in [0.15, 0.2) is 6.07 Å². The molecule has 0 radical (unpaired) electrons. The number of halogens is 3. The lowest BCUT2D eigenvalue weighted by Crippen LogP contribution is -2.40. The number of nitrogens with one attached hydrogen (secondary N) is 1. The van der Waals surface area contributed by atoms with Crippen LogP contribution in [0.5, 0.6) is 0 Å². The predicted molar refractivity (Wildman–Crippen MR) is 71.9 cm³/mol. The Morgan fingerprint density at radius 2 is 2.10 bits per heavy atom. The molecular formula is C13H19F3N4. The standard InChI is InChI=1S/C13H19F3N4/c1-3-9-6-4-5-7-20(9)11-8-10(13(14,15)16)18-12(17-2)19-11/h8-9H,3-7H2,1-2H3,(H,17,18,19). The molecule has 1 saturated heterocycles. The molecule has 1 atom stereocenters. The van der Waals surface area contributed by atoms with Gasteiger partial charge in [-0.15, -0.1) is 0 Å². The van der Waals surface area contributed by atoms with Crippen molar-refractivity contribution in [2.24, 2.45) is 0 Å². The molecule has 1 aliphatic heterocycles. The van der Waals surface area contributed by atoms with Crippen molar-refractivity contribution in [3.8, 4) is 0 Å². The summed E-state index contributed by atoms with van der Waals surface area (Å²) >= 11 is 0. The largest absolute Gasteiger partial charge is 0.433 e. The number of rotatable bonds is 3. The molecule has 1 unspecified atom stereocenters. The maximum atomic E-state index is 12.9. The number of hydrogen-bond donors (Lipinski definition) is 1. The number of alkyl halides is 3. The smallest absolute Gasteiger partial charge is 0.357 e. The molecule has 1 aromatic rings. The molecule has 0 spiro atoms. The molecule has 0 saturated carbocycles. The molecule has 1 N–H and O–H groups in total. The Bertz CT molecular complexity index is 461. The highest BCUT2D eigenvalue weighted by molar-refractivity contribution is 5.46. The van der Waals surface area contributed by atoms with Crippen molar-refractivity contribution in [2.75, 3.05) is 23.8 Å². The molecule has 112 valence electrons. The summed E-state index contributed by atoms with van der Waals surface area (Å²) in [7, 11) is 1.52. The molecule has 1 fully saturated rings. The van der Waals surface area contributed by atoms with Crippen molar-refractivity contribution < 1.29 is 13.2 Å². The molecule has 1 aliphatic rings. The van der Waals surface area contributed by atoms with Gasteiger partial charge in [-0.05, 0) is 25.7 Å². The third-order valence-electron chi connectivity index (χ3n) is 3.62. The fourth-order valence-electron chi connectivity index (χ4n) is 2.57. The SMILES string of the molecule is CCC1CCCCN1c1cc(C(F)(F)F)nc(NC)n1. The Morgan fingerprint density at radius 1 is 1.35 bits per heavy atom. The van der Waals surface area contributed by atoms with E-state index in [4.69, 9.17) is 0 Å². The van der Waals surface area contributed by atoms with Gasteiger partial charge in [0.2, 0.25) is 5.95 Å². The van der Waals surface area contributed by atoms with Gasteiger partial charge in [0.05, 0.1) is 0 Å². The summed E-state index contributed by atoms with van der Waals surface area (Å²) in [5, 5.41) is 2.60. The van der Waals surface area contributed by atoms with Gasteiger partial charge in [-0.2, -0.15) is 18.2 Å². The lowest BCUT2D eigenvalue weighted by atomic mass is 10.00. The van der Waals surface area contributed by atoms with Crippen LogP contribution in [-0.2, 0) is 6.18 Å². The van der Waals surface area contributed by atoms with E-state index in [-0.39, 0.29) is 12.0 Å². The zero-order chi connectivity index (χ0) is 14.8. The lowest BCUT2D eigenvalue weighted by Gasteiger charge is -2.36. The van der Waals surface area contributed by atoms with Gasteiger partial charge in [-0.3, -0.25) is 0 Å². The summed E-state index contributed by atoms with van der Waals surface area (Å²) in [6.07, 6.45) is -0.459. The highest BCUT2D eigenvalue weighted by Crippen LogP contribution is 2.32. The third-order valence-corrected chi connectivity index (χ3v) is 3.62. The van der Waals surface area contributed by atoms with Crippen LogP contribution < -0.4 is 10.2 Å². The zero-order valence-electron chi connectivity index (χ0n) is 11.7. The van der Waals surface area contributed by atoms with Gasteiger partial charge in [0.15, 0.2) is 5.69 Å². The number of anilines is 2. The molecule has 2 rings (SSSR count). The first kappa shape index (κ1) is 14.9. The molecule has 1 aromatic heterocycles. The van der Waals surface area contributed by atoms with E-state index in [0.29, 0.717) is 5.82 Å². The van der Waals surface area contributed by atoms with E-state index in [1.165, 1.54) is 7.05 Å². The van der Waals surface area contributed by atoms with Crippen LogP contribution in [0.4, 0.5) is 24.9 Å². The van der Waals surface area contributed by atoms with Crippen molar-refractivity contribution in [1.82, 2.24) is 9.97 Å². The van der Waals surface area contributed by atoms with E-state index in [2.05, 4.69) is 15.3 Å². The summed E-state index contributed by atoms with van der Waals surface area (Å²) in [6.45, 7) is 2.80. The monoisotopic (exact) mass is 288 g/mol. The average molecular weight is 288 g/mol. The van der Waals surface area contributed by atoms with E-state index >= 15 is 0 Å². The Balaban J connectivity index is 2.39. The van der Waals surface area contributed by atoms with E-state index in [1.807, 2.05) is 11.8 Å². The van der Waals surface area contributed by atoms with Crippen LogP contribution >= 0.6 is 0 Å². The molecule has 2 heterocycles. The Labute approximate surface area is 116 Å². The molecule has 0 bridgehead atoms. The van der Waals surface area contributed by atoms with Gasteiger partial charge < -0.3 is 10.2 Å². The van der Waals surface area contributed by atoms with Crippen LogP contribution in [0.25, 0.3) is 0 Å². The van der Waals surface area contributed by atoms with Crippen molar-refractivity contribution >= 4 is 11.8 Å². The summed E-state index contributed by atoms with van der Waals surface area (Å²) in [4.78, 5) is 9.66. The van der Waals surface area contributed by atoms with Gasteiger partial charge in [-0.25, -0.2) is 4.98 Å². The highest BCUT2D eigenvalue weighted by atomic mass is 19.4. The first-order valence-corrected chi connectivity index (χ1v) is 6.86. The van der Waals surface area contributed by atoms with Crippen molar-refractivity contribution in [2.45, 2.75) is 44.8 Å². The summed E-state index contributed by atoms with van der Waals surface area (Å²) in [5.74, 6) is 0.374. The van der Waals surface area contributed by atoms with Gasteiger partial charge in [-0.1, -0.05) is 6.92 Å². The van der Waals surface area contributed by atoms with E-state index in [9.17, 15) is 13.2 Å². The summed E-state index contributed by atoms with van der Waals surface area (Å²) < 4.78 is 38.7. The normalized spacial score (nSPS) is 20.1. The van der Waals surface area contributed by atoms with Crippen LogP contribution in [-0.4, -0.2) is 29.6 Å². The summed E-state index contributed by atoms with van der Waals surface area (Å²) in [5.41, 5.74) is -0.896. The first-order chi connectivity index (χ1) is 9.45. The maximum Gasteiger partial charge on any atom is 0.433 e. The van der Waals surface area contributed by atoms with Crippen molar-refractivity contribution in [3.63, 3.8) is 0 Å². The van der Waals surface area contributed by atoms with Gasteiger partial charge in [0.1, 0.15) is 5.82 Å². The van der Waals surface area contributed by atoms with Gasteiger partial charge >= 0.3 is 6.18 Å². The Kier molecular flexibility index (Phi) is 4.35. The number of aromatic nitrogens is 2. The molecular weight excluding hydrogens is 269 g/mol. The first-order valence-electron chi connectivity index (χ1n) is 6.86. The third kappa shape index (κ3) is 3.13. The quantitative estimate of drug-likeness (QED) is 0.926. The molecule has 4 nitrogen and oxygen atoms in total. The molecule has 7 heteroatoms. The van der Waals surface area contributed by atoms with Crippen LogP contribution in [0.2, 0.25) is 0 Å². The zero-order valence-corrected chi connectivity index (χ0v) is 11.7. The number of hydrogen-bond acceptors (Lipinski definition) is 4. The number of nitrogens with zero attached hydrogens (tertiary/aromatic N) is 3. The maximum absolute atomic E-state index is 12.9. The second kappa shape index (κ2) is 5.85. The second-order valence-corrected chi connectivity index (χ2v) is 4.93. The fraction of sp³-hybridized carbons (Fsp3) is 0.692. The van der Waals surface area contributed by atoms with E-state index in [1.54, 1.807) is 0 Å². The minimum Gasteiger partial charge on any atom is -0.357 e. The van der Waals surface area contributed by atoms with Gasteiger partial charge in [0, 0.05) is 25.7 Å². The topological polar surface area (TPSA) is 41.1 Å². The molecule has 0 aliphatic carbocycles. The predicted octanol–water partition coefficient (Wildman–Crippen LogP) is 3.31. The fourth-order valence-corrected chi connectivity index (χ4v) is 2.57. The number of piperidine rings is 1.